The summed E-state index contributed by atoms with van der Waals surface area (Å²) in [6, 6.07) is 15.7. The van der Waals surface area contributed by atoms with Crippen molar-refractivity contribution in [1.82, 2.24) is 15.2 Å². The van der Waals surface area contributed by atoms with Gasteiger partial charge in [0.15, 0.2) is 0 Å². The van der Waals surface area contributed by atoms with Gasteiger partial charge >= 0.3 is 6.09 Å². The van der Waals surface area contributed by atoms with E-state index in [2.05, 4.69) is 21.3 Å². The van der Waals surface area contributed by atoms with Gasteiger partial charge in [0.2, 0.25) is 0 Å². The van der Waals surface area contributed by atoms with Crippen molar-refractivity contribution in [1.29, 1.82) is 0 Å². The zero-order chi connectivity index (χ0) is 19.2. The van der Waals surface area contributed by atoms with Crippen molar-refractivity contribution in [2.45, 2.75) is 44.1 Å². The Morgan fingerprint density at radius 1 is 1.25 bits per heavy atom. The van der Waals surface area contributed by atoms with Crippen LogP contribution >= 0.6 is 0 Å². The fourth-order valence-electron chi connectivity index (χ4n) is 4.20. The number of carbonyl (C=O) groups is 1. The number of hydrogen-bond donors (Lipinski definition) is 1. The van der Waals surface area contributed by atoms with E-state index in [4.69, 9.17) is 9.47 Å². The van der Waals surface area contributed by atoms with E-state index in [9.17, 15) is 4.79 Å². The predicted octanol–water partition coefficient (Wildman–Crippen LogP) is 3.13. The van der Waals surface area contributed by atoms with Crippen LogP contribution < -0.4 is 5.32 Å². The lowest BCUT2D eigenvalue weighted by Crippen LogP contribution is -2.48. The highest BCUT2D eigenvalue weighted by Gasteiger charge is 2.44. The van der Waals surface area contributed by atoms with Crippen molar-refractivity contribution in [2.75, 3.05) is 19.7 Å². The number of hydrogen-bond acceptors (Lipinski definition) is 5. The first-order valence-corrected chi connectivity index (χ1v) is 9.94. The fourth-order valence-corrected chi connectivity index (χ4v) is 4.20. The van der Waals surface area contributed by atoms with Crippen molar-refractivity contribution < 1.29 is 14.3 Å². The summed E-state index contributed by atoms with van der Waals surface area (Å²) in [5, 5.41) is 2.97. The average molecular weight is 381 g/mol. The number of rotatable bonds is 5. The second-order valence-electron chi connectivity index (χ2n) is 7.74. The lowest BCUT2D eigenvalue weighted by molar-refractivity contribution is -0.0536. The second-order valence-corrected chi connectivity index (χ2v) is 7.74. The molecule has 1 aromatic carbocycles. The Bertz CT molecular complexity index is 771. The van der Waals surface area contributed by atoms with E-state index in [0.29, 0.717) is 6.61 Å². The van der Waals surface area contributed by atoms with Crippen LogP contribution in [0.5, 0.6) is 0 Å². The first-order chi connectivity index (χ1) is 13.7. The van der Waals surface area contributed by atoms with Crippen LogP contribution in [0.2, 0.25) is 0 Å². The zero-order valence-corrected chi connectivity index (χ0v) is 16.0. The van der Waals surface area contributed by atoms with Gasteiger partial charge in [0.05, 0.1) is 23.9 Å². The summed E-state index contributed by atoms with van der Waals surface area (Å²) < 4.78 is 11.5. The number of nitrogens with one attached hydrogen (secondary N) is 1. The van der Waals surface area contributed by atoms with E-state index in [0.717, 1.165) is 50.2 Å². The molecule has 1 amide bonds. The van der Waals surface area contributed by atoms with Crippen molar-refractivity contribution >= 4 is 6.09 Å². The molecular weight excluding hydrogens is 354 g/mol. The molecule has 1 aromatic heterocycles. The minimum Gasteiger partial charge on any atom is -0.445 e. The topological polar surface area (TPSA) is 63.7 Å². The monoisotopic (exact) mass is 381 g/mol. The summed E-state index contributed by atoms with van der Waals surface area (Å²) in [5.41, 5.74) is 1.88. The number of carbonyl (C=O) groups excluding carboxylic acids is 1. The molecule has 6 nitrogen and oxygen atoms in total. The summed E-state index contributed by atoms with van der Waals surface area (Å²) in [7, 11) is 0. The minimum atomic E-state index is -0.379. The lowest BCUT2D eigenvalue weighted by atomic mass is 9.88. The van der Waals surface area contributed by atoms with Gasteiger partial charge in [-0.15, -0.1) is 0 Å². The molecular formula is C22H27N3O3. The Hall–Kier alpha value is -2.44. The summed E-state index contributed by atoms with van der Waals surface area (Å²) in [5.74, 6) is 0. The van der Waals surface area contributed by atoms with Gasteiger partial charge < -0.3 is 14.8 Å². The molecule has 28 heavy (non-hydrogen) atoms. The predicted molar refractivity (Wildman–Crippen MR) is 106 cm³/mol. The average Bonchev–Trinajstić information content (AvgIpc) is 3.09. The van der Waals surface area contributed by atoms with Crippen LogP contribution in [0.1, 0.15) is 30.5 Å². The maximum Gasteiger partial charge on any atom is 0.407 e. The number of pyridine rings is 1. The molecule has 1 N–H and O–H groups in total. The molecule has 2 aliphatic rings. The fraction of sp³-hybridized carbons (Fsp3) is 0.455. The summed E-state index contributed by atoms with van der Waals surface area (Å²) in [6.45, 7) is 3.59. The van der Waals surface area contributed by atoms with Gasteiger partial charge in [-0.05, 0) is 37.1 Å². The third-order valence-electron chi connectivity index (χ3n) is 5.47. The van der Waals surface area contributed by atoms with Crippen LogP contribution in [0.15, 0.2) is 54.7 Å². The van der Waals surface area contributed by atoms with Crippen LogP contribution in [0, 0.1) is 0 Å². The molecule has 1 spiro atoms. The summed E-state index contributed by atoms with van der Waals surface area (Å²) in [4.78, 5) is 19.0. The van der Waals surface area contributed by atoms with Crippen LogP contribution in [-0.2, 0) is 22.6 Å². The smallest absolute Gasteiger partial charge is 0.407 e. The van der Waals surface area contributed by atoms with Gasteiger partial charge in [0.25, 0.3) is 0 Å². The Morgan fingerprint density at radius 3 is 2.93 bits per heavy atom. The number of nitrogens with zero attached hydrogens (tertiary/aromatic N) is 2. The highest BCUT2D eigenvalue weighted by atomic mass is 16.6. The Kier molecular flexibility index (Phi) is 5.88. The molecule has 2 fully saturated rings. The van der Waals surface area contributed by atoms with Gasteiger partial charge in [-0.1, -0.05) is 36.4 Å². The van der Waals surface area contributed by atoms with E-state index >= 15 is 0 Å². The molecule has 148 valence electrons. The number of benzene rings is 1. The summed E-state index contributed by atoms with van der Waals surface area (Å²) >= 11 is 0. The molecule has 0 saturated carbocycles. The number of alkyl carbamates (subject to hydrolysis) is 1. The number of likely N-dealkylation sites (tertiary alicyclic amines) is 1. The first kappa shape index (κ1) is 18.9. The van der Waals surface area contributed by atoms with E-state index in [1.54, 1.807) is 0 Å². The van der Waals surface area contributed by atoms with Gasteiger partial charge in [-0.2, -0.15) is 0 Å². The van der Waals surface area contributed by atoms with Crippen molar-refractivity contribution in [3.63, 3.8) is 0 Å². The Morgan fingerprint density at radius 2 is 2.11 bits per heavy atom. The maximum atomic E-state index is 12.1. The molecule has 2 atom stereocenters. The normalized spacial score (nSPS) is 24.9. The van der Waals surface area contributed by atoms with Crippen molar-refractivity contribution in [3.05, 3.63) is 66.0 Å². The number of amides is 1. The molecule has 2 aromatic rings. The quantitative estimate of drug-likeness (QED) is 0.862. The molecule has 2 saturated heterocycles. The standard InChI is InChI=1S/C22H27N3O3/c26-21(27-15-18-7-2-1-3-8-18)24-20-13-22(28-16-20)10-6-12-25(17-22)14-19-9-4-5-11-23-19/h1-5,7-9,11,20H,6,10,12-17H2,(H,24,26). The molecule has 2 unspecified atom stereocenters. The van der Waals surface area contributed by atoms with E-state index < -0.39 is 0 Å². The van der Waals surface area contributed by atoms with Gasteiger partial charge in [-0.25, -0.2) is 4.79 Å². The second kappa shape index (κ2) is 8.71. The molecule has 0 radical (unpaired) electrons. The molecule has 6 heteroatoms. The molecule has 4 rings (SSSR count). The van der Waals surface area contributed by atoms with E-state index in [-0.39, 0.29) is 24.3 Å². The molecule has 0 aliphatic carbocycles. The summed E-state index contributed by atoms with van der Waals surface area (Å²) in [6.07, 6.45) is 4.41. The van der Waals surface area contributed by atoms with Crippen LogP contribution in [0.4, 0.5) is 4.79 Å². The number of aromatic nitrogens is 1. The maximum absolute atomic E-state index is 12.1. The third-order valence-corrected chi connectivity index (χ3v) is 5.47. The largest absolute Gasteiger partial charge is 0.445 e. The Balaban J connectivity index is 1.26. The number of piperidine rings is 1. The van der Waals surface area contributed by atoms with Gasteiger partial charge in [0, 0.05) is 25.7 Å². The molecule has 3 heterocycles. The highest BCUT2D eigenvalue weighted by Crippen LogP contribution is 2.35. The zero-order valence-electron chi connectivity index (χ0n) is 16.0. The van der Waals surface area contributed by atoms with Crippen LogP contribution in [0.3, 0.4) is 0 Å². The SMILES string of the molecule is O=C(NC1COC2(CCCN(Cc3ccccn3)C2)C1)OCc1ccccc1. The van der Waals surface area contributed by atoms with E-state index in [1.807, 2.05) is 48.7 Å². The van der Waals surface area contributed by atoms with Crippen molar-refractivity contribution in [2.24, 2.45) is 0 Å². The molecule has 0 bridgehead atoms. The van der Waals surface area contributed by atoms with Crippen LogP contribution in [-0.4, -0.2) is 47.3 Å². The van der Waals surface area contributed by atoms with Gasteiger partial charge in [0.1, 0.15) is 6.61 Å². The minimum absolute atomic E-state index is 0.00178. The van der Waals surface area contributed by atoms with Crippen molar-refractivity contribution in [3.8, 4) is 0 Å². The number of ether oxygens (including phenoxy) is 2. The first-order valence-electron chi connectivity index (χ1n) is 9.94. The Labute approximate surface area is 165 Å². The van der Waals surface area contributed by atoms with Crippen LogP contribution in [0.25, 0.3) is 0 Å². The molecule has 2 aliphatic heterocycles. The third kappa shape index (κ3) is 4.88. The highest BCUT2D eigenvalue weighted by molar-refractivity contribution is 5.67. The van der Waals surface area contributed by atoms with Gasteiger partial charge in [-0.3, -0.25) is 9.88 Å². The van der Waals surface area contributed by atoms with E-state index in [1.165, 1.54) is 0 Å². The lowest BCUT2D eigenvalue weighted by Gasteiger charge is -2.39.